The van der Waals surface area contributed by atoms with Crippen molar-refractivity contribution < 1.29 is 8.42 Å². The van der Waals surface area contributed by atoms with Crippen LogP contribution < -0.4 is 4.72 Å². The van der Waals surface area contributed by atoms with E-state index in [-0.39, 0.29) is 4.90 Å². The van der Waals surface area contributed by atoms with Crippen LogP contribution >= 0.6 is 0 Å². The van der Waals surface area contributed by atoms with Crippen LogP contribution in [0.4, 0.5) is 5.69 Å². The van der Waals surface area contributed by atoms with E-state index in [9.17, 15) is 8.42 Å². The minimum Gasteiger partial charge on any atom is -0.280 e. The molecule has 2 heterocycles. The van der Waals surface area contributed by atoms with Gasteiger partial charge >= 0.3 is 0 Å². The molecule has 0 bridgehead atoms. The summed E-state index contributed by atoms with van der Waals surface area (Å²) >= 11 is 0. The van der Waals surface area contributed by atoms with Gasteiger partial charge in [-0.15, -0.1) is 0 Å². The molecule has 6 nitrogen and oxygen atoms in total. The van der Waals surface area contributed by atoms with Crippen molar-refractivity contribution in [2.75, 3.05) is 4.72 Å². The number of hydrogen-bond acceptors (Lipinski definition) is 4. The van der Waals surface area contributed by atoms with Crippen LogP contribution in [0.5, 0.6) is 0 Å². The first-order chi connectivity index (χ1) is 10.5. The molecule has 2 aromatic heterocycles. The number of anilines is 1. The number of hydrogen-bond donors (Lipinski definition) is 1. The van der Waals surface area contributed by atoms with Crippen LogP contribution in [0, 0.1) is 6.92 Å². The second-order valence-corrected chi connectivity index (χ2v) is 6.47. The van der Waals surface area contributed by atoms with Gasteiger partial charge in [-0.3, -0.25) is 4.72 Å². The van der Waals surface area contributed by atoms with E-state index in [1.165, 1.54) is 17.1 Å². The normalized spacial score (nSPS) is 11.3. The molecule has 0 aliphatic carbocycles. The Bertz CT molecular complexity index is 889. The third-order valence-electron chi connectivity index (χ3n) is 3.02. The van der Waals surface area contributed by atoms with Crippen molar-refractivity contribution in [3.8, 4) is 5.82 Å². The van der Waals surface area contributed by atoms with Gasteiger partial charge in [0.2, 0.25) is 0 Å². The Morgan fingerprint density at radius 3 is 2.73 bits per heavy atom. The molecule has 0 radical (unpaired) electrons. The summed E-state index contributed by atoms with van der Waals surface area (Å²) in [4.78, 5) is 4.21. The summed E-state index contributed by atoms with van der Waals surface area (Å²) in [6.07, 6.45) is 4.35. The summed E-state index contributed by atoms with van der Waals surface area (Å²) in [6.45, 7) is 1.90. The molecule has 3 aromatic rings. The zero-order valence-electron chi connectivity index (χ0n) is 11.8. The minimum atomic E-state index is -3.68. The number of nitrogens with zero attached hydrogens (tertiary/aromatic N) is 3. The summed E-state index contributed by atoms with van der Waals surface area (Å²) in [7, 11) is -3.68. The van der Waals surface area contributed by atoms with Crippen molar-refractivity contribution in [1.82, 2.24) is 14.8 Å². The molecule has 0 unspecified atom stereocenters. The van der Waals surface area contributed by atoms with Crippen LogP contribution in [0.15, 0.2) is 66.0 Å². The number of aryl methyl sites for hydroxylation is 1. The Morgan fingerprint density at radius 2 is 2.00 bits per heavy atom. The van der Waals surface area contributed by atoms with Crippen LogP contribution in [-0.2, 0) is 10.0 Å². The van der Waals surface area contributed by atoms with Crippen molar-refractivity contribution in [1.29, 1.82) is 0 Å². The molecule has 112 valence electrons. The number of nitrogens with one attached hydrogen (secondary N) is 1. The third-order valence-corrected chi connectivity index (χ3v) is 4.36. The maximum atomic E-state index is 12.4. The highest BCUT2D eigenvalue weighted by Gasteiger charge is 2.17. The van der Waals surface area contributed by atoms with Gasteiger partial charge in [-0.2, -0.15) is 5.10 Å². The first kappa shape index (κ1) is 14.3. The average molecular weight is 314 g/mol. The van der Waals surface area contributed by atoms with E-state index in [2.05, 4.69) is 14.8 Å². The Hall–Kier alpha value is -2.67. The Morgan fingerprint density at radius 1 is 1.14 bits per heavy atom. The summed E-state index contributed by atoms with van der Waals surface area (Å²) in [5, 5.41) is 4.05. The first-order valence-electron chi connectivity index (χ1n) is 6.60. The quantitative estimate of drug-likeness (QED) is 0.802. The molecule has 1 aromatic carbocycles. The molecule has 0 saturated heterocycles. The van der Waals surface area contributed by atoms with E-state index in [0.717, 1.165) is 5.56 Å². The molecule has 1 N–H and O–H groups in total. The number of sulfonamides is 1. The molecule has 0 fully saturated rings. The van der Waals surface area contributed by atoms with E-state index < -0.39 is 10.0 Å². The van der Waals surface area contributed by atoms with Gasteiger partial charge in [0.15, 0.2) is 5.82 Å². The summed E-state index contributed by atoms with van der Waals surface area (Å²) in [5.41, 5.74) is 1.50. The van der Waals surface area contributed by atoms with Crippen molar-refractivity contribution in [2.45, 2.75) is 11.8 Å². The maximum absolute atomic E-state index is 12.4. The van der Waals surface area contributed by atoms with E-state index in [1.54, 1.807) is 36.5 Å². The van der Waals surface area contributed by atoms with E-state index in [4.69, 9.17) is 0 Å². The molecule has 3 rings (SSSR count). The van der Waals surface area contributed by atoms with E-state index >= 15 is 0 Å². The molecular weight excluding hydrogens is 300 g/mol. The van der Waals surface area contributed by atoms with E-state index in [0.29, 0.717) is 11.5 Å². The lowest BCUT2D eigenvalue weighted by Crippen LogP contribution is -2.12. The number of benzene rings is 1. The molecule has 0 spiro atoms. The van der Waals surface area contributed by atoms with Gasteiger partial charge in [-0.1, -0.05) is 18.2 Å². The fourth-order valence-electron chi connectivity index (χ4n) is 1.98. The van der Waals surface area contributed by atoms with Crippen LogP contribution in [-0.4, -0.2) is 23.2 Å². The van der Waals surface area contributed by atoms with Gasteiger partial charge < -0.3 is 0 Å². The monoisotopic (exact) mass is 314 g/mol. The van der Waals surface area contributed by atoms with Gasteiger partial charge in [0.05, 0.1) is 12.4 Å². The lowest BCUT2D eigenvalue weighted by atomic mass is 10.2. The number of pyridine rings is 1. The summed E-state index contributed by atoms with van der Waals surface area (Å²) in [6, 6.07) is 12.5. The smallest absolute Gasteiger partial charge is 0.265 e. The van der Waals surface area contributed by atoms with Crippen molar-refractivity contribution in [3.63, 3.8) is 0 Å². The molecule has 0 atom stereocenters. The Labute approximate surface area is 128 Å². The standard InChI is InChI=1S/C15H14N4O2S/c1-12-5-4-6-13(9-12)18-22(20,21)14-10-17-19(11-14)15-7-2-3-8-16-15/h2-11,18H,1H3. The second-order valence-electron chi connectivity index (χ2n) is 4.78. The molecule has 0 amide bonds. The van der Waals surface area contributed by atoms with Crippen LogP contribution in [0.1, 0.15) is 5.56 Å². The fraction of sp³-hybridized carbons (Fsp3) is 0.0667. The summed E-state index contributed by atoms with van der Waals surface area (Å²) < 4.78 is 28.7. The SMILES string of the molecule is Cc1cccc(NS(=O)(=O)c2cnn(-c3ccccn3)c2)c1. The molecule has 0 aliphatic heterocycles. The van der Waals surface area contributed by atoms with Gasteiger partial charge in [-0.25, -0.2) is 18.1 Å². The zero-order chi connectivity index (χ0) is 15.6. The topological polar surface area (TPSA) is 76.9 Å². The highest BCUT2D eigenvalue weighted by molar-refractivity contribution is 7.92. The number of rotatable bonds is 4. The highest BCUT2D eigenvalue weighted by atomic mass is 32.2. The predicted octanol–water partition coefficient (Wildman–Crippen LogP) is 2.38. The van der Waals surface area contributed by atoms with Gasteiger partial charge in [0.25, 0.3) is 10.0 Å². The lowest BCUT2D eigenvalue weighted by Gasteiger charge is -2.06. The lowest BCUT2D eigenvalue weighted by molar-refractivity contribution is 0.601. The third kappa shape index (κ3) is 2.99. The largest absolute Gasteiger partial charge is 0.280 e. The first-order valence-corrected chi connectivity index (χ1v) is 8.08. The highest BCUT2D eigenvalue weighted by Crippen LogP contribution is 2.17. The Balaban J connectivity index is 1.89. The van der Waals surface area contributed by atoms with Crippen molar-refractivity contribution in [2.24, 2.45) is 0 Å². The van der Waals surface area contributed by atoms with Gasteiger partial charge in [0.1, 0.15) is 4.90 Å². The predicted molar refractivity (Wildman–Crippen MR) is 83.3 cm³/mol. The van der Waals surface area contributed by atoms with Gasteiger partial charge in [0, 0.05) is 11.9 Å². The van der Waals surface area contributed by atoms with Crippen LogP contribution in [0.3, 0.4) is 0 Å². The number of aromatic nitrogens is 3. The summed E-state index contributed by atoms with van der Waals surface area (Å²) in [5.74, 6) is 0.555. The Kier molecular flexibility index (Phi) is 3.64. The molecule has 22 heavy (non-hydrogen) atoms. The average Bonchev–Trinajstić information content (AvgIpc) is 2.98. The molecule has 7 heteroatoms. The minimum absolute atomic E-state index is 0.0830. The second kappa shape index (κ2) is 5.61. The van der Waals surface area contributed by atoms with Crippen molar-refractivity contribution >= 4 is 15.7 Å². The zero-order valence-corrected chi connectivity index (χ0v) is 12.7. The fourth-order valence-corrected chi connectivity index (χ4v) is 2.96. The van der Waals surface area contributed by atoms with Gasteiger partial charge in [-0.05, 0) is 36.8 Å². The van der Waals surface area contributed by atoms with Crippen LogP contribution in [0.25, 0.3) is 5.82 Å². The molecule has 0 aliphatic rings. The van der Waals surface area contributed by atoms with E-state index in [1.807, 2.05) is 19.1 Å². The van der Waals surface area contributed by atoms with Crippen LogP contribution in [0.2, 0.25) is 0 Å². The van der Waals surface area contributed by atoms with Crippen molar-refractivity contribution in [3.05, 3.63) is 66.6 Å². The molecular formula is C15H14N4O2S. The molecule has 0 saturated carbocycles. The maximum Gasteiger partial charge on any atom is 0.265 e.